The Morgan fingerprint density at radius 1 is 1.09 bits per heavy atom. The van der Waals surface area contributed by atoms with Crippen molar-refractivity contribution in [3.05, 3.63) is 88.4 Å². The van der Waals surface area contributed by atoms with Gasteiger partial charge in [0.2, 0.25) is 0 Å². The first kappa shape index (κ1) is 23.4. The van der Waals surface area contributed by atoms with Gasteiger partial charge >= 0.3 is 6.09 Å². The van der Waals surface area contributed by atoms with Gasteiger partial charge in [0, 0.05) is 28.2 Å². The van der Waals surface area contributed by atoms with Gasteiger partial charge in [0.1, 0.15) is 0 Å². The van der Waals surface area contributed by atoms with Crippen LogP contribution in [0, 0.1) is 0 Å². The van der Waals surface area contributed by atoms with Crippen molar-refractivity contribution < 1.29 is 14.6 Å². The van der Waals surface area contributed by atoms with E-state index in [-0.39, 0.29) is 5.88 Å². The number of hydrogen-bond acceptors (Lipinski definition) is 5. The monoisotopic (exact) mass is 476 g/mol. The lowest BCUT2D eigenvalue weighted by atomic mass is 10.0. The molecule has 1 heterocycles. The summed E-state index contributed by atoms with van der Waals surface area (Å²) < 4.78 is 4.65. The van der Waals surface area contributed by atoms with Crippen LogP contribution in [0.1, 0.15) is 16.7 Å². The predicted octanol–water partition coefficient (Wildman–Crippen LogP) is 5.94. The summed E-state index contributed by atoms with van der Waals surface area (Å²) in [6.45, 7) is 0.829. The molecule has 0 saturated heterocycles. The number of benzene rings is 3. The van der Waals surface area contributed by atoms with E-state index in [1.807, 2.05) is 56.6 Å². The Bertz CT molecular complexity index is 1340. The van der Waals surface area contributed by atoms with Crippen LogP contribution in [0.3, 0.4) is 0 Å². The van der Waals surface area contributed by atoms with E-state index in [0.29, 0.717) is 27.5 Å². The third-order valence-corrected chi connectivity index (χ3v) is 5.48. The molecule has 0 fully saturated rings. The zero-order chi connectivity index (χ0) is 24.2. The number of amides is 1. The third-order valence-electron chi connectivity index (χ3n) is 5.24. The van der Waals surface area contributed by atoms with Crippen molar-refractivity contribution in [1.82, 2.24) is 9.88 Å². The summed E-state index contributed by atoms with van der Waals surface area (Å²) in [6, 6.07) is 20.5. The van der Waals surface area contributed by atoms with Gasteiger partial charge in [-0.3, -0.25) is 5.32 Å². The summed E-state index contributed by atoms with van der Waals surface area (Å²) in [6.07, 6.45) is -0.550. The summed E-state index contributed by atoms with van der Waals surface area (Å²) in [5, 5.41) is 14.8. The van der Waals surface area contributed by atoms with Gasteiger partial charge in [-0.25, -0.2) is 9.79 Å². The summed E-state index contributed by atoms with van der Waals surface area (Å²) >= 11 is 6.15. The highest BCUT2D eigenvalue weighted by Gasteiger charge is 2.19. The van der Waals surface area contributed by atoms with Crippen molar-refractivity contribution in [3.63, 3.8) is 0 Å². The summed E-state index contributed by atoms with van der Waals surface area (Å²) in [5.41, 5.74) is 5.12. The molecule has 0 radical (unpaired) electrons. The number of methoxy groups -OCH3 is 1. The second kappa shape index (κ2) is 9.99. The van der Waals surface area contributed by atoms with E-state index in [0.717, 1.165) is 23.2 Å². The fraction of sp³-hybridized carbons (Fsp3) is 0.154. The predicted molar refractivity (Wildman–Crippen MR) is 137 cm³/mol. The average molecular weight is 477 g/mol. The van der Waals surface area contributed by atoms with Crippen LogP contribution >= 0.6 is 11.6 Å². The average Bonchev–Trinajstić information content (AvgIpc) is 3.13. The molecular weight excluding hydrogens is 452 g/mol. The number of ether oxygens (including phenoxy) is 1. The van der Waals surface area contributed by atoms with E-state index in [2.05, 4.69) is 19.9 Å². The smallest absolute Gasteiger partial charge is 0.411 e. The normalized spacial score (nSPS) is 11.7. The Labute approximate surface area is 202 Å². The largest absolute Gasteiger partial charge is 0.494 e. The zero-order valence-electron chi connectivity index (χ0n) is 19.1. The first-order valence-corrected chi connectivity index (χ1v) is 11.0. The molecule has 0 spiro atoms. The number of nitrogens with zero attached hydrogens (tertiary/aromatic N) is 2. The lowest BCUT2D eigenvalue weighted by molar-refractivity contribution is 0.187. The van der Waals surface area contributed by atoms with Crippen LogP contribution < -0.4 is 5.32 Å². The van der Waals surface area contributed by atoms with Gasteiger partial charge in [0.25, 0.3) is 0 Å². The van der Waals surface area contributed by atoms with E-state index in [1.54, 1.807) is 24.3 Å². The van der Waals surface area contributed by atoms with Crippen molar-refractivity contribution in [3.8, 4) is 5.88 Å². The van der Waals surface area contributed by atoms with Gasteiger partial charge < -0.3 is 19.7 Å². The molecule has 0 unspecified atom stereocenters. The van der Waals surface area contributed by atoms with Crippen LogP contribution in [0.2, 0.25) is 5.02 Å². The maximum atomic E-state index is 11.5. The number of carbonyl (C=O) groups excluding carboxylic acids is 1. The molecule has 0 aliphatic heterocycles. The number of H-pyrrole nitrogens is 1. The van der Waals surface area contributed by atoms with Gasteiger partial charge in [-0.15, -0.1) is 0 Å². The Balaban J connectivity index is 1.81. The van der Waals surface area contributed by atoms with E-state index >= 15 is 0 Å². The SMILES string of the molecule is COC(=O)Nc1ccc(C(=Nc2ccc(CN(C)C)cc2)c2c(O)[nH]c3cc(Cl)ccc23)cc1. The van der Waals surface area contributed by atoms with Gasteiger partial charge in [-0.1, -0.05) is 41.9 Å². The van der Waals surface area contributed by atoms with Crippen LogP contribution in [0.4, 0.5) is 16.2 Å². The van der Waals surface area contributed by atoms with Crippen molar-refractivity contribution in [1.29, 1.82) is 0 Å². The molecule has 7 nitrogen and oxygen atoms in total. The highest BCUT2D eigenvalue weighted by atomic mass is 35.5. The molecule has 0 aliphatic carbocycles. The van der Waals surface area contributed by atoms with Crippen LogP contribution in [-0.4, -0.2) is 48.0 Å². The minimum Gasteiger partial charge on any atom is -0.494 e. The lowest BCUT2D eigenvalue weighted by Crippen LogP contribution is -2.11. The summed E-state index contributed by atoms with van der Waals surface area (Å²) in [5.74, 6) is -0.00277. The van der Waals surface area contributed by atoms with Crippen molar-refractivity contribution in [2.24, 2.45) is 4.99 Å². The van der Waals surface area contributed by atoms with Gasteiger partial charge in [0.15, 0.2) is 5.88 Å². The molecule has 3 aromatic carbocycles. The quantitative estimate of drug-likeness (QED) is 0.300. The Kier molecular flexibility index (Phi) is 6.86. The van der Waals surface area contributed by atoms with Crippen LogP contribution in [0.25, 0.3) is 10.9 Å². The van der Waals surface area contributed by atoms with E-state index < -0.39 is 6.09 Å². The number of carbonyl (C=O) groups is 1. The first-order chi connectivity index (χ1) is 16.3. The molecular formula is C26H25ClN4O3. The molecule has 4 aromatic rings. The minimum absolute atomic E-state index is 0.00277. The van der Waals surface area contributed by atoms with Crippen LogP contribution in [-0.2, 0) is 11.3 Å². The fourth-order valence-corrected chi connectivity index (χ4v) is 3.88. The molecule has 3 N–H and O–H groups in total. The van der Waals surface area contributed by atoms with Crippen LogP contribution in [0.15, 0.2) is 71.7 Å². The lowest BCUT2D eigenvalue weighted by Gasteiger charge is -2.11. The third kappa shape index (κ3) is 5.22. The number of aromatic nitrogens is 1. The Morgan fingerprint density at radius 3 is 2.44 bits per heavy atom. The summed E-state index contributed by atoms with van der Waals surface area (Å²) in [7, 11) is 5.36. The number of halogens is 1. The maximum absolute atomic E-state index is 11.5. The highest BCUT2D eigenvalue weighted by Crippen LogP contribution is 2.33. The van der Waals surface area contributed by atoms with Crippen molar-refractivity contribution >= 4 is 45.7 Å². The highest BCUT2D eigenvalue weighted by molar-refractivity contribution is 6.31. The van der Waals surface area contributed by atoms with Gasteiger partial charge in [-0.2, -0.15) is 0 Å². The summed E-state index contributed by atoms with van der Waals surface area (Å²) in [4.78, 5) is 21.5. The second-order valence-corrected chi connectivity index (χ2v) is 8.53. The number of hydrogen-bond donors (Lipinski definition) is 3. The van der Waals surface area contributed by atoms with Crippen LogP contribution in [0.5, 0.6) is 5.88 Å². The molecule has 0 saturated carbocycles. The second-order valence-electron chi connectivity index (χ2n) is 8.10. The number of aromatic hydroxyl groups is 1. The number of nitrogens with one attached hydrogen (secondary N) is 2. The molecule has 174 valence electrons. The molecule has 0 bridgehead atoms. The topological polar surface area (TPSA) is 89.9 Å². The van der Waals surface area contributed by atoms with E-state index in [1.165, 1.54) is 12.7 Å². The number of fused-ring (bicyclic) bond motifs is 1. The number of rotatable bonds is 6. The minimum atomic E-state index is -0.550. The Morgan fingerprint density at radius 2 is 1.79 bits per heavy atom. The first-order valence-electron chi connectivity index (χ1n) is 10.6. The Hall–Kier alpha value is -3.81. The molecule has 0 aliphatic rings. The van der Waals surface area contributed by atoms with E-state index in [9.17, 15) is 9.90 Å². The molecule has 4 rings (SSSR count). The van der Waals surface area contributed by atoms with E-state index in [4.69, 9.17) is 16.6 Å². The zero-order valence-corrected chi connectivity index (χ0v) is 19.8. The maximum Gasteiger partial charge on any atom is 0.411 e. The van der Waals surface area contributed by atoms with Gasteiger partial charge in [-0.05, 0) is 56.1 Å². The van der Waals surface area contributed by atoms with Gasteiger partial charge in [0.05, 0.1) is 29.6 Å². The fourth-order valence-electron chi connectivity index (χ4n) is 3.71. The molecule has 8 heteroatoms. The molecule has 1 amide bonds. The van der Waals surface area contributed by atoms with Crippen molar-refractivity contribution in [2.75, 3.05) is 26.5 Å². The molecule has 1 aromatic heterocycles. The molecule has 0 atom stereocenters. The number of aromatic amines is 1. The standard InChI is InChI=1S/C26H25ClN4O3/c1-31(2)15-16-4-9-19(10-5-16)28-24(17-6-11-20(12-7-17)29-26(33)34-3)23-21-13-8-18(27)14-22(21)30-25(23)32/h4-14,30,32H,15H2,1-3H3,(H,29,33). The molecule has 34 heavy (non-hydrogen) atoms. The number of aliphatic imine (C=N–C) groups is 1. The van der Waals surface area contributed by atoms with Crippen molar-refractivity contribution in [2.45, 2.75) is 6.54 Å². The number of anilines is 1.